The van der Waals surface area contributed by atoms with Crippen LogP contribution in [0.25, 0.3) is 0 Å². The Bertz CT molecular complexity index is 683. The highest BCUT2D eigenvalue weighted by Gasteiger charge is 2.35. The first-order valence-corrected chi connectivity index (χ1v) is 11.8. The first-order chi connectivity index (χ1) is 14.1. The van der Waals surface area contributed by atoms with E-state index in [1.54, 1.807) is 6.07 Å². The van der Waals surface area contributed by atoms with Crippen LogP contribution in [0.15, 0.2) is 18.2 Å². The highest BCUT2D eigenvalue weighted by molar-refractivity contribution is 5.85. The monoisotopic (exact) mass is 460 g/mol. The lowest BCUT2D eigenvalue weighted by Crippen LogP contribution is -2.47. The van der Waals surface area contributed by atoms with Crippen molar-refractivity contribution in [3.05, 3.63) is 29.3 Å². The van der Waals surface area contributed by atoms with Gasteiger partial charge in [0.25, 0.3) is 0 Å². The Morgan fingerprint density at radius 1 is 0.935 bits per heavy atom. The zero-order valence-electron chi connectivity index (χ0n) is 19.6. The third-order valence-corrected chi connectivity index (χ3v) is 7.29. The standard InChI is InChI=1S/C25H39F3N2.ClH/c1-5-6-13-29-14-16-30(17-15-29)23-18-21(25(26,27)28)11-12-22(23)19-7-9-20(10-8-19)24(2,3)4;/h11-12,18-20H,5-10,13-17H2,1-4H3;1H. The zero-order chi connectivity index (χ0) is 21.9. The molecule has 1 aromatic rings. The fourth-order valence-electron chi connectivity index (χ4n) is 5.20. The van der Waals surface area contributed by atoms with Gasteiger partial charge in [-0.15, -0.1) is 12.4 Å². The van der Waals surface area contributed by atoms with Crippen LogP contribution in [0.3, 0.4) is 0 Å². The number of hydrogen-bond acceptors (Lipinski definition) is 2. The molecular weight excluding hydrogens is 421 g/mol. The Balaban J connectivity index is 0.00000341. The molecule has 2 fully saturated rings. The summed E-state index contributed by atoms with van der Waals surface area (Å²) in [6.07, 6.45) is 2.56. The first kappa shape index (κ1) is 26.3. The van der Waals surface area contributed by atoms with Crippen molar-refractivity contribution in [1.82, 2.24) is 4.90 Å². The molecule has 0 bridgehead atoms. The van der Waals surface area contributed by atoms with Crippen molar-refractivity contribution >= 4 is 18.1 Å². The predicted molar refractivity (Wildman–Crippen MR) is 126 cm³/mol. The van der Waals surface area contributed by atoms with E-state index in [2.05, 4.69) is 37.5 Å². The van der Waals surface area contributed by atoms with Gasteiger partial charge in [0.15, 0.2) is 0 Å². The van der Waals surface area contributed by atoms with E-state index in [0.717, 1.165) is 56.8 Å². The molecule has 1 heterocycles. The molecule has 0 radical (unpaired) electrons. The van der Waals surface area contributed by atoms with Crippen molar-refractivity contribution in [3.63, 3.8) is 0 Å². The van der Waals surface area contributed by atoms with E-state index in [9.17, 15) is 13.2 Å². The molecule has 2 aliphatic rings. The largest absolute Gasteiger partial charge is 0.416 e. The Morgan fingerprint density at radius 3 is 2.06 bits per heavy atom. The van der Waals surface area contributed by atoms with Crippen LogP contribution in [0.1, 0.15) is 83.3 Å². The maximum Gasteiger partial charge on any atom is 0.416 e. The van der Waals surface area contributed by atoms with Gasteiger partial charge < -0.3 is 4.90 Å². The second-order valence-electron chi connectivity index (χ2n) is 10.4. The number of halogens is 4. The molecular formula is C25H40ClF3N2. The highest BCUT2D eigenvalue weighted by atomic mass is 35.5. The average Bonchev–Trinajstić information content (AvgIpc) is 2.71. The maximum absolute atomic E-state index is 13.5. The Morgan fingerprint density at radius 2 is 1.55 bits per heavy atom. The van der Waals surface area contributed by atoms with Crippen molar-refractivity contribution in [2.24, 2.45) is 11.3 Å². The van der Waals surface area contributed by atoms with Crippen molar-refractivity contribution in [2.45, 2.75) is 78.3 Å². The molecule has 0 N–H and O–H groups in total. The van der Waals surface area contributed by atoms with E-state index in [4.69, 9.17) is 0 Å². The molecule has 0 spiro atoms. The van der Waals surface area contributed by atoms with E-state index in [-0.39, 0.29) is 12.4 Å². The first-order valence-electron chi connectivity index (χ1n) is 11.8. The van der Waals surface area contributed by atoms with Gasteiger partial charge in [0, 0.05) is 31.9 Å². The quantitative estimate of drug-likeness (QED) is 0.452. The van der Waals surface area contributed by atoms with Crippen LogP contribution < -0.4 is 4.90 Å². The summed E-state index contributed by atoms with van der Waals surface area (Å²) >= 11 is 0. The second kappa shape index (κ2) is 10.8. The van der Waals surface area contributed by atoms with Crippen LogP contribution in [0.4, 0.5) is 18.9 Å². The molecule has 1 aromatic carbocycles. The Kier molecular flexibility index (Phi) is 9.15. The number of unbranched alkanes of at least 4 members (excludes halogenated alkanes) is 1. The molecule has 1 saturated carbocycles. The number of nitrogens with zero attached hydrogens (tertiary/aromatic N) is 2. The van der Waals surface area contributed by atoms with Gasteiger partial charge in [-0.2, -0.15) is 13.2 Å². The van der Waals surface area contributed by atoms with Gasteiger partial charge in [0.2, 0.25) is 0 Å². The molecule has 6 heteroatoms. The summed E-state index contributed by atoms with van der Waals surface area (Å²) in [4.78, 5) is 4.66. The van der Waals surface area contributed by atoms with Crippen LogP contribution in [0.5, 0.6) is 0 Å². The number of rotatable bonds is 5. The summed E-state index contributed by atoms with van der Waals surface area (Å²) in [5.74, 6) is 1.08. The van der Waals surface area contributed by atoms with Crippen molar-refractivity contribution < 1.29 is 13.2 Å². The van der Waals surface area contributed by atoms with Crippen molar-refractivity contribution in [2.75, 3.05) is 37.6 Å². The fraction of sp³-hybridized carbons (Fsp3) is 0.760. The smallest absolute Gasteiger partial charge is 0.369 e. The average molecular weight is 461 g/mol. The van der Waals surface area contributed by atoms with E-state index >= 15 is 0 Å². The SMILES string of the molecule is CCCCN1CCN(c2cc(C(F)(F)F)ccc2C2CCC(C(C)(C)C)CC2)CC1.Cl. The molecule has 0 atom stereocenters. The summed E-state index contributed by atoms with van der Waals surface area (Å²) in [7, 11) is 0. The maximum atomic E-state index is 13.5. The molecule has 178 valence electrons. The van der Waals surface area contributed by atoms with E-state index in [1.165, 1.54) is 37.8 Å². The summed E-state index contributed by atoms with van der Waals surface area (Å²) in [5, 5.41) is 0. The number of benzene rings is 1. The van der Waals surface area contributed by atoms with Crippen LogP contribution in [0.2, 0.25) is 0 Å². The molecule has 2 nitrogen and oxygen atoms in total. The minimum Gasteiger partial charge on any atom is -0.369 e. The van der Waals surface area contributed by atoms with Gasteiger partial charge in [-0.1, -0.05) is 40.2 Å². The number of hydrogen-bond donors (Lipinski definition) is 0. The van der Waals surface area contributed by atoms with Gasteiger partial charge in [-0.3, -0.25) is 4.90 Å². The Labute approximate surface area is 193 Å². The summed E-state index contributed by atoms with van der Waals surface area (Å²) in [5.41, 5.74) is 1.76. The van der Waals surface area contributed by atoms with Gasteiger partial charge in [-0.25, -0.2) is 0 Å². The van der Waals surface area contributed by atoms with E-state index in [0.29, 0.717) is 17.3 Å². The van der Waals surface area contributed by atoms with Crippen LogP contribution in [-0.2, 0) is 6.18 Å². The van der Waals surface area contributed by atoms with Crippen LogP contribution in [-0.4, -0.2) is 37.6 Å². The Hall–Kier alpha value is -0.940. The fourth-order valence-corrected chi connectivity index (χ4v) is 5.20. The molecule has 31 heavy (non-hydrogen) atoms. The summed E-state index contributed by atoms with van der Waals surface area (Å²) in [6.45, 7) is 13.7. The summed E-state index contributed by atoms with van der Waals surface area (Å²) < 4.78 is 40.4. The third-order valence-electron chi connectivity index (χ3n) is 7.29. The third kappa shape index (κ3) is 6.77. The number of piperazine rings is 1. The molecule has 1 aliphatic carbocycles. The summed E-state index contributed by atoms with van der Waals surface area (Å²) in [6, 6.07) is 4.50. The lowest BCUT2D eigenvalue weighted by Gasteiger charge is -2.40. The van der Waals surface area contributed by atoms with E-state index < -0.39 is 11.7 Å². The van der Waals surface area contributed by atoms with E-state index in [1.807, 2.05) is 0 Å². The lowest BCUT2D eigenvalue weighted by molar-refractivity contribution is -0.137. The van der Waals surface area contributed by atoms with Crippen LogP contribution >= 0.6 is 12.4 Å². The number of anilines is 1. The minimum atomic E-state index is -4.29. The molecule has 0 amide bonds. The van der Waals surface area contributed by atoms with Crippen LogP contribution in [0, 0.1) is 11.3 Å². The van der Waals surface area contributed by atoms with Gasteiger partial charge >= 0.3 is 6.18 Å². The topological polar surface area (TPSA) is 6.48 Å². The molecule has 1 saturated heterocycles. The highest BCUT2D eigenvalue weighted by Crippen LogP contribution is 2.46. The van der Waals surface area contributed by atoms with Gasteiger partial charge in [-0.05, 0) is 73.6 Å². The molecule has 1 aliphatic heterocycles. The molecule has 0 aromatic heterocycles. The molecule has 3 rings (SSSR count). The molecule has 0 unspecified atom stereocenters. The minimum absolute atomic E-state index is 0. The zero-order valence-corrected chi connectivity index (χ0v) is 20.4. The normalized spacial score (nSPS) is 23.5. The van der Waals surface area contributed by atoms with Gasteiger partial charge in [0.1, 0.15) is 0 Å². The number of alkyl halides is 3. The van der Waals surface area contributed by atoms with Gasteiger partial charge in [0.05, 0.1) is 5.56 Å². The van der Waals surface area contributed by atoms with Crippen molar-refractivity contribution in [1.29, 1.82) is 0 Å². The predicted octanol–water partition coefficient (Wildman–Crippen LogP) is 7.37. The van der Waals surface area contributed by atoms with Crippen molar-refractivity contribution in [3.8, 4) is 0 Å². The second-order valence-corrected chi connectivity index (χ2v) is 10.4. The lowest BCUT2D eigenvalue weighted by atomic mass is 9.68.